The molecule has 1 N–H and O–H groups in total. The highest BCUT2D eigenvalue weighted by Gasteiger charge is 2.09. The molecule has 5 nitrogen and oxygen atoms in total. The van der Waals surface area contributed by atoms with Crippen LogP contribution in [0.2, 0.25) is 0 Å². The van der Waals surface area contributed by atoms with Gasteiger partial charge in [-0.25, -0.2) is 9.78 Å². The standard InChI is InChI=1S/C11H9N3O2S/c1-16-11(15)13-9-6-14-7-4-2-3-5-8(7)17-10(14)12-9/h2-6H,1H3,(H,13,15). The van der Waals surface area contributed by atoms with Crippen LogP contribution in [0.3, 0.4) is 0 Å². The Morgan fingerprint density at radius 3 is 3.12 bits per heavy atom. The van der Waals surface area contributed by atoms with Crippen molar-refractivity contribution in [2.24, 2.45) is 0 Å². The number of methoxy groups -OCH3 is 1. The van der Waals surface area contributed by atoms with E-state index in [2.05, 4.69) is 15.0 Å². The molecule has 3 aromatic rings. The topological polar surface area (TPSA) is 55.6 Å². The predicted molar refractivity (Wildman–Crippen MR) is 66.6 cm³/mol. The number of nitrogens with zero attached hydrogens (tertiary/aromatic N) is 2. The number of aromatic nitrogens is 2. The molecule has 0 spiro atoms. The lowest BCUT2D eigenvalue weighted by atomic mass is 10.3. The van der Waals surface area contributed by atoms with Crippen molar-refractivity contribution in [3.05, 3.63) is 30.5 Å². The number of amides is 1. The lowest BCUT2D eigenvalue weighted by Gasteiger charge is -1.97. The van der Waals surface area contributed by atoms with E-state index in [-0.39, 0.29) is 0 Å². The zero-order chi connectivity index (χ0) is 11.8. The number of anilines is 1. The van der Waals surface area contributed by atoms with Gasteiger partial charge in [0, 0.05) is 0 Å². The minimum atomic E-state index is -0.514. The number of carbonyl (C=O) groups excluding carboxylic acids is 1. The quantitative estimate of drug-likeness (QED) is 0.719. The van der Waals surface area contributed by atoms with E-state index in [0.717, 1.165) is 10.5 Å². The van der Waals surface area contributed by atoms with Crippen LogP contribution in [-0.2, 0) is 4.74 Å². The smallest absolute Gasteiger partial charge is 0.412 e. The molecule has 0 fully saturated rings. The molecule has 2 aromatic heterocycles. The first-order valence-corrected chi connectivity index (χ1v) is 5.81. The third-order valence-electron chi connectivity index (χ3n) is 2.42. The van der Waals surface area contributed by atoms with Crippen molar-refractivity contribution >= 4 is 38.4 Å². The number of para-hydroxylation sites is 1. The van der Waals surface area contributed by atoms with E-state index in [1.165, 1.54) is 11.8 Å². The molecule has 3 rings (SSSR count). The number of hydrogen-bond acceptors (Lipinski definition) is 4. The summed E-state index contributed by atoms with van der Waals surface area (Å²) in [4.78, 5) is 16.2. The zero-order valence-corrected chi connectivity index (χ0v) is 9.82. The summed E-state index contributed by atoms with van der Waals surface area (Å²) in [6.07, 6.45) is 1.27. The third-order valence-corrected chi connectivity index (χ3v) is 3.45. The van der Waals surface area contributed by atoms with Gasteiger partial charge < -0.3 is 4.74 Å². The molecule has 1 aromatic carbocycles. The molecular formula is C11H9N3O2S. The minimum absolute atomic E-state index is 0.494. The lowest BCUT2D eigenvalue weighted by molar-refractivity contribution is 0.187. The number of imidazole rings is 1. The van der Waals surface area contributed by atoms with Gasteiger partial charge in [0.25, 0.3) is 0 Å². The van der Waals surface area contributed by atoms with Crippen LogP contribution in [0.5, 0.6) is 0 Å². The fraction of sp³-hybridized carbons (Fsp3) is 0.0909. The molecule has 0 unspecified atom stereocenters. The van der Waals surface area contributed by atoms with Gasteiger partial charge in [-0.15, -0.1) is 0 Å². The molecule has 0 saturated heterocycles. The molecule has 0 radical (unpaired) electrons. The normalized spacial score (nSPS) is 10.9. The van der Waals surface area contributed by atoms with Crippen LogP contribution in [0.4, 0.5) is 10.6 Å². The first kappa shape index (κ1) is 10.1. The van der Waals surface area contributed by atoms with E-state index in [1.807, 2.05) is 28.7 Å². The van der Waals surface area contributed by atoms with E-state index in [0.29, 0.717) is 5.82 Å². The first-order chi connectivity index (χ1) is 8.28. The minimum Gasteiger partial charge on any atom is -0.453 e. The number of thiazole rings is 1. The van der Waals surface area contributed by atoms with Gasteiger partial charge in [0.1, 0.15) is 0 Å². The second-order valence-corrected chi connectivity index (χ2v) is 4.47. The molecule has 17 heavy (non-hydrogen) atoms. The number of benzene rings is 1. The number of nitrogens with one attached hydrogen (secondary N) is 1. The first-order valence-electron chi connectivity index (χ1n) is 4.99. The highest BCUT2D eigenvalue weighted by molar-refractivity contribution is 7.23. The SMILES string of the molecule is COC(=O)Nc1cn2c(n1)sc1ccccc12. The van der Waals surface area contributed by atoms with Crippen molar-refractivity contribution < 1.29 is 9.53 Å². The van der Waals surface area contributed by atoms with Gasteiger partial charge in [-0.05, 0) is 12.1 Å². The fourth-order valence-corrected chi connectivity index (χ4v) is 2.67. The van der Waals surface area contributed by atoms with E-state index >= 15 is 0 Å². The zero-order valence-electron chi connectivity index (χ0n) is 9.01. The Hall–Kier alpha value is -2.08. The summed E-state index contributed by atoms with van der Waals surface area (Å²) in [5, 5.41) is 2.55. The highest BCUT2D eigenvalue weighted by Crippen LogP contribution is 2.27. The molecule has 0 aliphatic heterocycles. The van der Waals surface area contributed by atoms with Crippen LogP contribution in [-0.4, -0.2) is 22.6 Å². The maximum atomic E-state index is 11.1. The molecule has 0 saturated carbocycles. The van der Waals surface area contributed by atoms with Gasteiger partial charge in [-0.3, -0.25) is 9.72 Å². The predicted octanol–water partition coefficient (Wildman–Crippen LogP) is 2.73. The number of ether oxygens (including phenoxy) is 1. The summed E-state index contributed by atoms with van der Waals surface area (Å²) in [6.45, 7) is 0. The molecule has 2 heterocycles. The summed E-state index contributed by atoms with van der Waals surface area (Å²) in [7, 11) is 1.32. The number of rotatable bonds is 1. The average Bonchev–Trinajstić information content (AvgIpc) is 2.85. The van der Waals surface area contributed by atoms with E-state index in [4.69, 9.17) is 0 Å². The second-order valence-electron chi connectivity index (χ2n) is 3.47. The van der Waals surface area contributed by atoms with Crippen molar-refractivity contribution in [2.75, 3.05) is 12.4 Å². The van der Waals surface area contributed by atoms with Crippen molar-refractivity contribution in [1.82, 2.24) is 9.38 Å². The average molecular weight is 247 g/mol. The van der Waals surface area contributed by atoms with Crippen LogP contribution in [0, 0.1) is 0 Å². The van der Waals surface area contributed by atoms with E-state index < -0.39 is 6.09 Å². The van der Waals surface area contributed by atoms with E-state index in [9.17, 15) is 4.79 Å². The fourth-order valence-electron chi connectivity index (χ4n) is 1.66. The van der Waals surface area contributed by atoms with Crippen LogP contribution in [0.1, 0.15) is 0 Å². The van der Waals surface area contributed by atoms with Gasteiger partial charge >= 0.3 is 6.09 Å². The highest BCUT2D eigenvalue weighted by atomic mass is 32.1. The Balaban J connectivity index is 2.10. The number of fused-ring (bicyclic) bond motifs is 3. The molecule has 0 atom stereocenters. The summed E-state index contributed by atoms with van der Waals surface area (Å²) in [6, 6.07) is 8.03. The Morgan fingerprint density at radius 1 is 1.47 bits per heavy atom. The summed E-state index contributed by atoms with van der Waals surface area (Å²) >= 11 is 1.58. The van der Waals surface area contributed by atoms with Crippen molar-refractivity contribution in [3.8, 4) is 0 Å². The van der Waals surface area contributed by atoms with Crippen molar-refractivity contribution in [3.63, 3.8) is 0 Å². The Kier molecular flexibility index (Phi) is 2.22. The van der Waals surface area contributed by atoms with Crippen molar-refractivity contribution in [1.29, 1.82) is 0 Å². The molecule has 1 amide bonds. The van der Waals surface area contributed by atoms with Gasteiger partial charge in [-0.2, -0.15) is 0 Å². The van der Waals surface area contributed by atoms with Crippen LogP contribution < -0.4 is 5.32 Å². The molecule has 6 heteroatoms. The Bertz CT molecular complexity index is 701. The molecule has 0 bridgehead atoms. The number of carbonyl (C=O) groups is 1. The van der Waals surface area contributed by atoms with Gasteiger partial charge in [-0.1, -0.05) is 23.5 Å². The lowest BCUT2D eigenvalue weighted by Crippen LogP contribution is -2.10. The van der Waals surface area contributed by atoms with Crippen LogP contribution in [0.25, 0.3) is 15.2 Å². The molecule has 86 valence electrons. The van der Waals surface area contributed by atoms with Crippen LogP contribution >= 0.6 is 11.3 Å². The van der Waals surface area contributed by atoms with Gasteiger partial charge in [0.2, 0.25) is 0 Å². The Morgan fingerprint density at radius 2 is 2.29 bits per heavy atom. The summed E-state index contributed by atoms with van der Waals surface area (Å²) in [5.41, 5.74) is 1.08. The molecule has 0 aliphatic carbocycles. The summed E-state index contributed by atoms with van der Waals surface area (Å²) in [5.74, 6) is 0.494. The summed E-state index contributed by atoms with van der Waals surface area (Å²) < 4.78 is 7.63. The van der Waals surface area contributed by atoms with Crippen LogP contribution in [0.15, 0.2) is 30.5 Å². The van der Waals surface area contributed by atoms with E-state index in [1.54, 1.807) is 17.5 Å². The van der Waals surface area contributed by atoms with Gasteiger partial charge in [0.15, 0.2) is 10.8 Å². The maximum absolute atomic E-state index is 11.1. The maximum Gasteiger partial charge on any atom is 0.412 e. The van der Waals surface area contributed by atoms with Crippen molar-refractivity contribution in [2.45, 2.75) is 0 Å². The Labute approximate surface area is 101 Å². The molecule has 0 aliphatic rings. The third kappa shape index (κ3) is 1.62. The molecular weight excluding hydrogens is 238 g/mol. The van der Waals surface area contributed by atoms with Gasteiger partial charge in [0.05, 0.1) is 23.5 Å². The largest absolute Gasteiger partial charge is 0.453 e. The second kappa shape index (κ2) is 3.74. The monoisotopic (exact) mass is 247 g/mol. The number of hydrogen-bond donors (Lipinski definition) is 1.